The standard InChI is InChI=1S/C18H11F3N3.C4H9.2Co/c19-18(20,21)16-8-2-1-5-14(16)12-24-11-13(6-3-9-22)15-7-4-10-23-17(15)24;1-4(2)3;;/h1-2,4-8,10-11H,12H2;1-3H3;;/q2*-1;;. The Bertz CT molecular complexity index is 1000. The summed E-state index contributed by atoms with van der Waals surface area (Å²) in [5.74, 6) is 1.42. The second-order valence-corrected chi connectivity index (χ2v) is 6.64. The van der Waals surface area contributed by atoms with E-state index in [9.17, 15) is 13.2 Å². The molecule has 2 heterocycles. The van der Waals surface area contributed by atoms with E-state index in [2.05, 4.69) is 31.8 Å². The minimum atomic E-state index is -4.41. The molecule has 0 saturated carbocycles. The molecule has 0 aliphatic heterocycles. The predicted molar refractivity (Wildman–Crippen MR) is 104 cm³/mol. The van der Waals surface area contributed by atoms with Crippen molar-refractivity contribution in [3.63, 3.8) is 0 Å². The quantitative estimate of drug-likeness (QED) is 0.324. The average molecular weight is 501 g/mol. The van der Waals surface area contributed by atoms with Crippen molar-refractivity contribution in [2.24, 2.45) is 0 Å². The van der Waals surface area contributed by atoms with Crippen molar-refractivity contribution in [2.45, 2.75) is 33.5 Å². The Balaban J connectivity index is 0.00000129. The molecule has 164 valence electrons. The Kier molecular flexibility index (Phi) is 11.7. The van der Waals surface area contributed by atoms with Crippen LogP contribution in [0.1, 0.15) is 37.5 Å². The van der Waals surface area contributed by atoms with Gasteiger partial charge in [0.15, 0.2) is 0 Å². The number of aromatic nitrogens is 2. The van der Waals surface area contributed by atoms with Gasteiger partial charge < -0.3 is 10.5 Å². The van der Waals surface area contributed by atoms with E-state index >= 15 is 0 Å². The molecule has 3 rings (SSSR count). The van der Waals surface area contributed by atoms with E-state index in [0.717, 1.165) is 11.5 Å². The molecule has 0 unspecified atom stereocenters. The summed E-state index contributed by atoms with van der Waals surface area (Å²) in [6, 6.07) is 10.8. The first-order valence-corrected chi connectivity index (χ1v) is 8.57. The fourth-order valence-electron chi connectivity index (χ4n) is 2.61. The van der Waals surface area contributed by atoms with Crippen molar-refractivity contribution >= 4 is 17.1 Å². The summed E-state index contributed by atoms with van der Waals surface area (Å²) in [7, 11) is 0. The van der Waals surface area contributed by atoms with Gasteiger partial charge in [-0.3, -0.25) is 0 Å². The smallest absolute Gasteiger partial charge is 0.346 e. The molecule has 1 aromatic carbocycles. The molecule has 0 saturated heterocycles. The van der Waals surface area contributed by atoms with Crippen LogP contribution in [0.25, 0.3) is 17.1 Å². The number of hydrogen-bond acceptors (Lipinski definition) is 2. The van der Waals surface area contributed by atoms with Crippen LogP contribution in [0.4, 0.5) is 13.2 Å². The average Bonchev–Trinajstić information content (AvgIpc) is 2.97. The van der Waals surface area contributed by atoms with Crippen molar-refractivity contribution in [1.29, 1.82) is 5.26 Å². The number of fused-ring (bicyclic) bond motifs is 1. The fourth-order valence-corrected chi connectivity index (χ4v) is 2.61. The second-order valence-electron chi connectivity index (χ2n) is 6.64. The summed E-state index contributed by atoms with van der Waals surface area (Å²) in [5, 5.41) is 9.38. The largest absolute Gasteiger partial charge is 0.416 e. The minimum Gasteiger partial charge on any atom is -0.346 e. The van der Waals surface area contributed by atoms with Gasteiger partial charge in [0, 0.05) is 46.3 Å². The Morgan fingerprint density at radius 2 is 1.77 bits per heavy atom. The van der Waals surface area contributed by atoms with Gasteiger partial charge >= 0.3 is 6.18 Å². The van der Waals surface area contributed by atoms with Crippen LogP contribution in [-0.2, 0) is 46.3 Å². The first-order valence-electron chi connectivity index (χ1n) is 8.57. The Morgan fingerprint density at radius 1 is 1.13 bits per heavy atom. The van der Waals surface area contributed by atoms with E-state index in [0.29, 0.717) is 11.2 Å². The molecule has 0 amide bonds. The van der Waals surface area contributed by atoms with Crippen LogP contribution in [0, 0.1) is 23.3 Å². The number of halogens is 3. The molecule has 2 aromatic heterocycles. The van der Waals surface area contributed by atoms with Gasteiger partial charge in [-0.25, -0.2) is 16.3 Å². The molecule has 2 radical (unpaired) electrons. The third kappa shape index (κ3) is 7.65. The van der Waals surface area contributed by atoms with Gasteiger partial charge in [0.25, 0.3) is 0 Å². The first kappa shape index (κ1) is 27.9. The Morgan fingerprint density at radius 3 is 2.37 bits per heavy atom. The Labute approximate surface area is 195 Å². The zero-order valence-electron chi connectivity index (χ0n) is 16.5. The van der Waals surface area contributed by atoms with Crippen LogP contribution in [0.5, 0.6) is 0 Å². The number of hydrogen-bond donors (Lipinski definition) is 0. The summed E-state index contributed by atoms with van der Waals surface area (Å²) < 4.78 is 41.1. The number of pyridine rings is 1. The fraction of sp³-hybridized carbons (Fsp3) is 0.227. The Hall–Kier alpha value is -2.06. The van der Waals surface area contributed by atoms with E-state index in [1.807, 2.05) is 0 Å². The molecule has 3 aromatic rings. The molecule has 8 heteroatoms. The van der Waals surface area contributed by atoms with Gasteiger partial charge in [-0.15, -0.1) is 5.56 Å². The van der Waals surface area contributed by atoms with Gasteiger partial charge in [0.1, 0.15) is 5.65 Å². The van der Waals surface area contributed by atoms with Crippen molar-refractivity contribution in [2.75, 3.05) is 0 Å². The van der Waals surface area contributed by atoms with E-state index in [-0.39, 0.29) is 45.7 Å². The molecule has 30 heavy (non-hydrogen) atoms. The molecule has 0 aliphatic carbocycles. The minimum absolute atomic E-state index is 0. The molecular formula is C22H20Co2F3N3-2. The third-order valence-electron chi connectivity index (χ3n) is 3.62. The zero-order chi connectivity index (χ0) is 20.7. The summed E-state index contributed by atoms with van der Waals surface area (Å²) in [6.07, 6.45) is 2.77. The molecule has 0 aliphatic rings. The summed E-state index contributed by atoms with van der Waals surface area (Å²) in [6.45, 7) is 6.28. The second kappa shape index (κ2) is 12.6. The van der Waals surface area contributed by atoms with Crippen LogP contribution >= 0.6 is 0 Å². The SMILES string of the molecule is C[C-](C)C.N#C[C-]=Cc1cn(Cc2ccccc2C(F)(F)F)c2ncccc12.[Co].[Co]. The van der Waals surface area contributed by atoms with Crippen molar-refractivity contribution < 1.29 is 46.7 Å². The predicted octanol–water partition coefficient (Wildman–Crippen LogP) is 6.06. The molecular weight excluding hydrogens is 481 g/mol. The molecule has 0 atom stereocenters. The van der Waals surface area contributed by atoms with Crippen LogP contribution in [0.2, 0.25) is 0 Å². The van der Waals surface area contributed by atoms with Crippen molar-refractivity contribution in [1.82, 2.24) is 9.55 Å². The maximum atomic E-state index is 13.2. The normalized spacial score (nSPS) is 10.7. The molecule has 0 N–H and O–H groups in total. The monoisotopic (exact) mass is 501 g/mol. The first-order chi connectivity index (χ1) is 13.2. The molecule has 0 bridgehead atoms. The molecule has 3 nitrogen and oxygen atoms in total. The topological polar surface area (TPSA) is 41.6 Å². The van der Waals surface area contributed by atoms with Gasteiger partial charge in [-0.05, 0) is 23.8 Å². The molecule has 0 spiro atoms. The third-order valence-corrected chi connectivity index (χ3v) is 3.62. The van der Waals surface area contributed by atoms with E-state index < -0.39 is 11.7 Å². The number of benzene rings is 1. The number of rotatable bonds is 3. The van der Waals surface area contributed by atoms with Gasteiger partial charge in [0.05, 0.1) is 5.56 Å². The van der Waals surface area contributed by atoms with Crippen LogP contribution < -0.4 is 0 Å². The zero-order valence-corrected chi connectivity index (χ0v) is 18.6. The molecule has 0 fully saturated rings. The van der Waals surface area contributed by atoms with Gasteiger partial charge in [-0.2, -0.15) is 40.0 Å². The van der Waals surface area contributed by atoms with E-state index in [4.69, 9.17) is 5.26 Å². The number of nitrogens with zero attached hydrogens (tertiary/aromatic N) is 3. The summed E-state index contributed by atoms with van der Waals surface area (Å²) >= 11 is 0. The van der Waals surface area contributed by atoms with Gasteiger partial charge in [-0.1, -0.05) is 35.8 Å². The van der Waals surface area contributed by atoms with Crippen molar-refractivity contribution in [3.8, 4) is 6.07 Å². The number of alkyl halides is 3. The van der Waals surface area contributed by atoms with Crippen LogP contribution in [-0.4, -0.2) is 9.55 Å². The maximum Gasteiger partial charge on any atom is 0.416 e. The maximum absolute atomic E-state index is 13.2. The summed E-state index contributed by atoms with van der Waals surface area (Å²) in [4.78, 5) is 4.25. The van der Waals surface area contributed by atoms with E-state index in [1.54, 1.807) is 41.2 Å². The number of nitriles is 1. The van der Waals surface area contributed by atoms with Crippen LogP contribution in [0.15, 0.2) is 48.8 Å². The van der Waals surface area contributed by atoms with E-state index in [1.165, 1.54) is 24.1 Å². The van der Waals surface area contributed by atoms with Crippen LogP contribution in [0.3, 0.4) is 0 Å². The summed E-state index contributed by atoms with van der Waals surface area (Å²) in [5.41, 5.74) is 0.736. The van der Waals surface area contributed by atoms with Crippen molar-refractivity contribution in [3.05, 3.63) is 77.5 Å². The number of allylic oxidation sites excluding steroid dienone is 1. The van der Waals surface area contributed by atoms with Gasteiger partial charge in [0.2, 0.25) is 0 Å².